The lowest BCUT2D eigenvalue weighted by Crippen LogP contribution is -2.06. The topological polar surface area (TPSA) is 73.1 Å². The Morgan fingerprint density at radius 3 is 3.04 bits per heavy atom. The largest absolute Gasteiger partial charge is 0.437 e. The Hall–Kier alpha value is -2.89. The molecule has 24 heavy (non-hydrogen) atoms. The summed E-state index contributed by atoms with van der Waals surface area (Å²) in [5.74, 6) is 2.24. The highest BCUT2D eigenvalue weighted by atomic mass is 16.5. The van der Waals surface area contributed by atoms with Crippen molar-refractivity contribution in [2.75, 3.05) is 5.32 Å². The number of nitrogens with one attached hydrogen (secondary N) is 1. The molecule has 0 saturated carbocycles. The number of aryl methyl sites for hydroxylation is 1. The van der Waals surface area contributed by atoms with Crippen molar-refractivity contribution in [3.63, 3.8) is 0 Å². The fourth-order valence-electron chi connectivity index (χ4n) is 2.90. The Morgan fingerprint density at radius 1 is 1.17 bits per heavy atom. The predicted molar refractivity (Wildman–Crippen MR) is 89.0 cm³/mol. The Morgan fingerprint density at radius 2 is 2.12 bits per heavy atom. The van der Waals surface area contributed by atoms with Crippen LogP contribution in [0.4, 0.5) is 5.69 Å². The molecule has 122 valence electrons. The summed E-state index contributed by atoms with van der Waals surface area (Å²) in [6.45, 7) is 0.646. The summed E-state index contributed by atoms with van der Waals surface area (Å²) in [4.78, 5) is 8.10. The molecule has 2 aromatic heterocycles. The van der Waals surface area contributed by atoms with Crippen molar-refractivity contribution in [3.05, 3.63) is 59.9 Å². The zero-order valence-electron chi connectivity index (χ0n) is 13.2. The van der Waals surface area contributed by atoms with Crippen LogP contribution in [0.2, 0.25) is 0 Å². The zero-order chi connectivity index (χ0) is 16.2. The highest BCUT2D eigenvalue weighted by Gasteiger charge is 2.18. The molecule has 0 bridgehead atoms. The highest BCUT2D eigenvalue weighted by Crippen LogP contribution is 2.26. The van der Waals surface area contributed by atoms with Gasteiger partial charge in [-0.15, -0.1) is 0 Å². The molecule has 3 aromatic rings. The third-order valence-corrected chi connectivity index (χ3v) is 4.09. The second-order valence-electron chi connectivity index (χ2n) is 5.77. The monoisotopic (exact) mass is 322 g/mol. The van der Waals surface area contributed by atoms with E-state index >= 15 is 0 Å². The molecule has 1 aliphatic carbocycles. The molecule has 6 nitrogen and oxygen atoms in total. The van der Waals surface area contributed by atoms with Crippen LogP contribution in [-0.4, -0.2) is 15.1 Å². The van der Waals surface area contributed by atoms with E-state index in [9.17, 15) is 0 Å². The van der Waals surface area contributed by atoms with E-state index in [2.05, 4.69) is 20.4 Å². The van der Waals surface area contributed by atoms with Crippen molar-refractivity contribution in [3.8, 4) is 11.6 Å². The molecule has 0 unspecified atom stereocenters. The first-order valence-electron chi connectivity index (χ1n) is 8.12. The minimum absolute atomic E-state index is 0.472. The summed E-state index contributed by atoms with van der Waals surface area (Å²) in [5, 5.41) is 7.60. The van der Waals surface area contributed by atoms with E-state index < -0.39 is 0 Å². The van der Waals surface area contributed by atoms with Gasteiger partial charge in [-0.25, -0.2) is 4.98 Å². The van der Waals surface area contributed by atoms with E-state index in [1.54, 1.807) is 18.6 Å². The third-order valence-electron chi connectivity index (χ3n) is 4.09. The first kappa shape index (κ1) is 14.7. The zero-order valence-corrected chi connectivity index (χ0v) is 13.2. The van der Waals surface area contributed by atoms with Crippen LogP contribution in [-0.2, 0) is 19.4 Å². The lowest BCUT2D eigenvalue weighted by Gasteiger charge is -2.11. The summed E-state index contributed by atoms with van der Waals surface area (Å²) in [6, 6.07) is 7.75. The van der Waals surface area contributed by atoms with Crippen molar-refractivity contribution >= 4 is 5.69 Å². The molecule has 1 aliphatic rings. The van der Waals surface area contributed by atoms with Gasteiger partial charge in [0.25, 0.3) is 0 Å². The number of benzene rings is 1. The van der Waals surface area contributed by atoms with Crippen molar-refractivity contribution in [1.82, 2.24) is 15.1 Å². The number of rotatable bonds is 5. The van der Waals surface area contributed by atoms with Crippen molar-refractivity contribution in [1.29, 1.82) is 0 Å². The molecule has 0 amide bonds. The molecular weight excluding hydrogens is 304 g/mol. The second-order valence-corrected chi connectivity index (χ2v) is 5.77. The number of hydrogen-bond acceptors (Lipinski definition) is 6. The van der Waals surface area contributed by atoms with Gasteiger partial charge >= 0.3 is 0 Å². The number of ether oxygens (including phenoxy) is 1. The van der Waals surface area contributed by atoms with Gasteiger partial charge in [0.2, 0.25) is 5.88 Å². The molecule has 0 saturated heterocycles. The molecule has 0 radical (unpaired) electrons. The predicted octanol–water partition coefficient (Wildman–Crippen LogP) is 3.75. The molecule has 1 N–H and O–H groups in total. The summed E-state index contributed by atoms with van der Waals surface area (Å²) in [5.41, 5.74) is 3.25. The van der Waals surface area contributed by atoms with Gasteiger partial charge in [0.1, 0.15) is 17.2 Å². The van der Waals surface area contributed by atoms with Gasteiger partial charge in [-0.2, -0.15) is 0 Å². The Labute approximate surface area is 139 Å². The van der Waals surface area contributed by atoms with Gasteiger partial charge in [-0.3, -0.25) is 4.98 Å². The van der Waals surface area contributed by atoms with Gasteiger partial charge < -0.3 is 14.6 Å². The minimum atomic E-state index is 0.472. The second kappa shape index (κ2) is 6.70. The number of aromatic nitrogens is 3. The summed E-state index contributed by atoms with van der Waals surface area (Å²) >= 11 is 0. The Bertz CT molecular complexity index is 817. The van der Waals surface area contributed by atoms with Crippen LogP contribution in [0.3, 0.4) is 0 Å². The molecule has 2 heterocycles. The molecular formula is C18H18N4O2. The highest BCUT2D eigenvalue weighted by molar-refractivity contribution is 5.49. The normalized spacial score (nSPS) is 13.3. The summed E-state index contributed by atoms with van der Waals surface area (Å²) < 4.78 is 11.1. The standard InChI is InChI=1S/C18H18N4O2/c1-2-7-17-15(6-1)16(22-24-17)11-21-13-4-3-5-14(10-13)23-18-12-19-8-9-20-18/h3-5,8-10,12,21H,1-2,6-7,11H2. The maximum atomic E-state index is 5.70. The first-order chi connectivity index (χ1) is 11.9. The minimum Gasteiger partial charge on any atom is -0.437 e. The summed E-state index contributed by atoms with van der Waals surface area (Å²) in [6.07, 6.45) is 9.27. The SMILES string of the molecule is c1cc(NCc2noc3c2CCCC3)cc(Oc2cnccn2)c1. The number of nitrogens with zero attached hydrogens (tertiary/aromatic N) is 3. The Balaban J connectivity index is 1.44. The van der Waals surface area contributed by atoms with Crippen LogP contribution in [0.25, 0.3) is 0 Å². The van der Waals surface area contributed by atoms with Crippen LogP contribution in [0.5, 0.6) is 11.6 Å². The quantitative estimate of drug-likeness (QED) is 0.771. The van der Waals surface area contributed by atoms with Crippen molar-refractivity contribution in [2.24, 2.45) is 0 Å². The van der Waals surface area contributed by atoms with Crippen molar-refractivity contribution in [2.45, 2.75) is 32.2 Å². The van der Waals surface area contributed by atoms with Crippen LogP contribution >= 0.6 is 0 Å². The van der Waals surface area contributed by atoms with Crippen LogP contribution in [0.1, 0.15) is 29.9 Å². The van der Waals surface area contributed by atoms with Crippen LogP contribution in [0, 0.1) is 0 Å². The molecule has 4 rings (SSSR count). The number of hydrogen-bond donors (Lipinski definition) is 1. The van der Waals surface area contributed by atoms with Gasteiger partial charge in [0.15, 0.2) is 0 Å². The fraction of sp³-hybridized carbons (Fsp3) is 0.278. The molecule has 0 aliphatic heterocycles. The van der Waals surface area contributed by atoms with Crippen LogP contribution in [0.15, 0.2) is 47.4 Å². The smallest absolute Gasteiger partial charge is 0.237 e. The van der Waals surface area contributed by atoms with E-state index in [0.29, 0.717) is 18.2 Å². The van der Waals surface area contributed by atoms with Crippen LogP contribution < -0.4 is 10.1 Å². The average Bonchev–Trinajstić information content (AvgIpc) is 3.04. The molecule has 0 fully saturated rings. The van der Waals surface area contributed by atoms with E-state index in [-0.39, 0.29) is 0 Å². The Kier molecular flexibility index (Phi) is 4.10. The molecule has 0 spiro atoms. The first-order valence-corrected chi connectivity index (χ1v) is 8.12. The lowest BCUT2D eigenvalue weighted by molar-refractivity contribution is 0.368. The van der Waals surface area contributed by atoms with Gasteiger partial charge in [-0.05, 0) is 31.4 Å². The van der Waals surface area contributed by atoms with E-state index in [1.165, 1.54) is 18.4 Å². The average molecular weight is 322 g/mol. The fourth-order valence-corrected chi connectivity index (χ4v) is 2.90. The molecule has 1 aromatic carbocycles. The third kappa shape index (κ3) is 3.22. The molecule has 0 atom stereocenters. The lowest BCUT2D eigenvalue weighted by atomic mass is 9.96. The maximum Gasteiger partial charge on any atom is 0.237 e. The van der Waals surface area contributed by atoms with Crippen molar-refractivity contribution < 1.29 is 9.26 Å². The maximum absolute atomic E-state index is 5.70. The van der Waals surface area contributed by atoms with E-state index in [1.807, 2.05) is 24.3 Å². The molecule has 6 heteroatoms. The number of anilines is 1. The van der Waals surface area contributed by atoms with Gasteiger partial charge in [0, 0.05) is 36.1 Å². The van der Waals surface area contributed by atoms with Gasteiger partial charge in [0.05, 0.1) is 12.7 Å². The van der Waals surface area contributed by atoms with E-state index in [0.717, 1.165) is 30.0 Å². The number of fused-ring (bicyclic) bond motifs is 1. The van der Waals surface area contributed by atoms with E-state index in [4.69, 9.17) is 9.26 Å². The van der Waals surface area contributed by atoms with Gasteiger partial charge in [-0.1, -0.05) is 11.2 Å². The summed E-state index contributed by atoms with van der Waals surface area (Å²) in [7, 11) is 0.